The molecule has 2 amide bonds. The first-order chi connectivity index (χ1) is 19.1. The van der Waals surface area contributed by atoms with Gasteiger partial charge in [-0.2, -0.15) is 0 Å². The first kappa shape index (κ1) is 31.3. The van der Waals surface area contributed by atoms with Crippen molar-refractivity contribution in [2.24, 2.45) is 0 Å². The lowest BCUT2D eigenvalue weighted by Gasteiger charge is -2.32. The van der Waals surface area contributed by atoms with Gasteiger partial charge < -0.3 is 15.0 Å². The Morgan fingerprint density at radius 3 is 2.27 bits per heavy atom. The van der Waals surface area contributed by atoms with Gasteiger partial charge in [0, 0.05) is 23.0 Å². The Morgan fingerprint density at radius 1 is 1.02 bits per heavy atom. The highest BCUT2D eigenvalue weighted by Gasteiger charge is 2.32. The van der Waals surface area contributed by atoms with Gasteiger partial charge in [-0.25, -0.2) is 8.42 Å². The van der Waals surface area contributed by atoms with Crippen LogP contribution in [-0.4, -0.2) is 57.1 Å². The van der Waals surface area contributed by atoms with Crippen molar-refractivity contribution >= 4 is 50.9 Å². The summed E-state index contributed by atoms with van der Waals surface area (Å²) >= 11 is 7.66. The van der Waals surface area contributed by atoms with E-state index in [1.165, 1.54) is 28.8 Å². The number of halogens is 1. The Kier molecular flexibility index (Phi) is 11.3. The molecule has 11 heteroatoms. The van der Waals surface area contributed by atoms with Crippen LogP contribution < -0.4 is 14.4 Å². The van der Waals surface area contributed by atoms with Crippen molar-refractivity contribution in [2.75, 3.05) is 30.3 Å². The third-order valence-corrected chi connectivity index (χ3v) is 8.89. The maximum atomic E-state index is 13.9. The molecule has 40 heavy (non-hydrogen) atoms. The van der Waals surface area contributed by atoms with Gasteiger partial charge in [0.1, 0.15) is 18.3 Å². The fourth-order valence-electron chi connectivity index (χ4n) is 4.02. The summed E-state index contributed by atoms with van der Waals surface area (Å²) in [6, 6.07) is 19.1. The van der Waals surface area contributed by atoms with Gasteiger partial charge in [-0.15, -0.1) is 11.8 Å². The molecule has 0 aliphatic carbocycles. The second kappa shape index (κ2) is 14.4. The van der Waals surface area contributed by atoms with Gasteiger partial charge >= 0.3 is 0 Å². The van der Waals surface area contributed by atoms with Crippen molar-refractivity contribution in [3.05, 3.63) is 83.4 Å². The fourth-order valence-corrected chi connectivity index (χ4v) is 6.05. The van der Waals surface area contributed by atoms with Gasteiger partial charge in [0.05, 0.1) is 17.2 Å². The standard InChI is InChI=1S/C29H34ClN3O5S2/c1-5-31-29(35)21(3)32(19-22-8-7-9-23(30)18-22)28(34)20-33(24-10-12-25(13-11-24)38-6-2)40(36,37)27-16-14-26(39-4)15-17-27/h7-18,21H,5-6,19-20H2,1-4H3,(H,31,35)/t21-/m0/s1. The molecule has 0 fully saturated rings. The average Bonchev–Trinajstić information content (AvgIpc) is 2.95. The van der Waals surface area contributed by atoms with Crippen LogP contribution >= 0.6 is 23.4 Å². The average molecular weight is 604 g/mol. The number of carbonyl (C=O) groups is 2. The molecule has 0 saturated carbocycles. The summed E-state index contributed by atoms with van der Waals surface area (Å²) in [5.74, 6) is -0.315. The lowest BCUT2D eigenvalue weighted by molar-refractivity contribution is -0.139. The van der Waals surface area contributed by atoms with E-state index < -0.39 is 28.5 Å². The van der Waals surface area contributed by atoms with Crippen molar-refractivity contribution in [1.82, 2.24) is 10.2 Å². The summed E-state index contributed by atoms with van der Waals surface area (Å²) in [7, 11) is -4.15. The number of sulfonamides is 1. The number of carbonyl (C=O) groups excluding carboxylic acids is 2. The number of hydrogen-bond donors (Lipinski definition) is 1. The van der Waals surface area contributed by atoms with E-state index in [4.69, 9.17) is 16.3 Å². The first-order valence-corrected chi connectivity index (χ1v) is 15.9. The van der Waals surface area contributed by atoms with Crippen LogP contribution in [0.25, 0.3) is 0 Å². The molecule has 3 rings (SSSR count). The van der Waals surface area contributed by atoms with Gasteiger partial charge in [0.25, 0.3) is 10.0 Å². The minimum absolute atomic E-state index is 0.0464. The predicted octanol–water partition coefficient (Wildman–Crippen LogP) is 5.21. The summed E-state index contributed by atoms with van der Waals surface area (Å²) in [5.41, 5.74) is 0.999. The van der Waals surface area contributed by atoms with Crippen LogP contribution in [0.15, 0.2) is 82.6 Å². The van der Waals surface area contributed by atoms with Crippen molar-refractivity contribution in [1.29, 1.82) is 0 Å². The second-order valence-corrected chi connectivity index (χ2v) is 12.0. The molecule has 0 bridgehead atoms. The highest BCUT2D eigenvalue weighted by Crippen LogP contribution is 2.28. The Balaban J connectivity index is 2.03. The molecule has 3 aromatic rings. The molecular weight excluding hydrogens is 570 g/mol. The monoisotopic (exact) mass is 603 g/mol. The van der Waals surface area contributed by atoms with E-state index in [0.717, 1.165) is 9.20 Å². The van der Waals surface area contributed by atoms with Crippen LogP contribution in [0.2, 0.25) is 5.02 Å². The number of ether oxygens (including phenoxy) is 1. The zero-order valence-corrected chi connectivity index (χ0v) is 25.4. The van der Waals surface area contributed by atoms with Crippen molar-refractivity contribution < 1.29 is 22.7 Å². The maximum absolute atomic E-state index is 13.9. The largest absolute Gasteiger partial charge is 0.494 e. The molecule has 214 valence electrons. The van der Waals surface area contributed by atoms with Crippen LogP contribution in [0.1, 0.15) is 26.3 Å². The molecule has 1 N–H and O–H groups in total. The molecule has 8 nitrogen and oxygen atoms in total. The molecule has 0 unspecified atom stereocenters. The third-order valence-electron chi connectivity index (χ3n) is 6.12. The lowest BCUT2D eigenvalue weighted by atomic mass is 10.1. The minimum atomic E-state index is -4.15. The van der Waals surface area contributed by atoms with Crippen LogP contribution in [0.3, 0.4) is 0 Å². The predicted molar refractivity (Wildman–Crippen MR) is 161 cm³/mol. The van der Waals surface area contributed by atoms with Gasteiger partial charge in [-0.1, -0.05) is 23.7 Å². The number of rotatable bonds is 13. The molecule has 0 spiro atoms. The third kappa shape index (κ3) is 7.93. The van der Waals surface area contributed by atoms with E-state index in [2.05, 4.69) is 5.32 Å². The molecule has 1 atom stereocenters. The van der Waals surface area contributed by atoms with Crippen molar-refractivity contribution in [2.45, 2.75) is 43.1 Å². The summed E-state index contributed by atoms with van der Waals surface area (Å²) < 4.78 is 34.4. The zero-order valence-electron chi connectivity index (χ0n) is 23.0. The number of amides is 2. The van der Waals surface area contributed by atoms with Crippen LogP contribution in [0.5, 0.6) is 5.75 Å². The Morgan fingerprint density at radius 2 is 1.70 bits per heavy atom. The quantitative estimate of drug-likeness (QED) is 0.270. The molecule has 0 aromatic heterocycles. The van der Waals surface area contributed by atoms with Crippen molar-refractivity contribution in [3.63, 3.8) is 0 Å². The maximum Gasteiger partial charge on any atom is 0.264 e. The summed E-state index contributed by atoms with van der Waals surface area (Å²) in [6.45, 7) is 5.65. The van der Waals surface area contributed by atoms with E-state index in [9.17, 15) is 18.0 Å². The van der Waals surface area contributed by atoms with Crippen LogP contribution in [-0.2, 0) is 26.2 Å². The SMILES string of the molecule is CCNC(=O)[C@H](C)N(Cc1cccc(Cl)c1)C(=O)CN(c1ccc(OCC)cc1)S(=O)(=O)c1ccc(SC)cc1. The zero-order chi connectivity index (χ0) is 29.3. The number of hydrogen-bond acceptors (Lipinski definition) is 6. The summed E-state index contributed by atoms with van der Waals surface area (Å²) in [6.07, 6.45) is 1.90. The number of thioether (sulfide) groups is 1. The highest BCUT2D eigenvalue weighted by atomic mass is 35.5. The normalized spacial score (nSPS) is 11.9. The molecular formula is C29H34ClN3O5S2. The molecule has 0 saturated heterocycles. The van der Waals surface area contributed by atoms with E-state index in [1.807, 2.05) is 13.2 Å². The molecule has 0 aliphatic heterocycles. The van der Waals surface area contributed by atoms with E-state index in [-0.39, 0.29) is 17.3 Å². The van der Waals surface area contributed by atoms with Crippen molar-refractivity contribution in [3.8, 4) is 5.75 Å². The minimum Gasteiger partial charge on any atom is -0.494 e. The Bertz CT molecular complexity index is 1400. The van der Waals surface area contributed by atoms with Crippen LogP contribution in [0.4, 0.5) is 5.69 Å². The number of anilines is 1. The van der Waals surface area contributed by atoms with E-state index in [0.29, 0.717) is 35.2 Å². The molecule has 0 radical (unpaired) electrons. The first-order valence-electron chi connectivity index (χ1n) is 12.8. The molecule has 0 heterocycles. The topological polar surface area (TPSA) is 96.0 Å². The molecule has 0 aliphatic rings. The Hall–Kier alpha value is -3.21. The molecule has 3 aromatic carbocycles. The number of nitrogens with zero attached hydrogens (tertiary/aromatic N) is 2. The number of nitrogens with one attached hydrogen (secondary N) is 1. The van der Waals surface area contributed by atoms with Gasteiger partial charge in [-0.3, -0.25) is 13.9 Å². The summed E-state index contributed by atoms with van der Waals surface area (Å²) in [5, 5.41) is 3.23. The van der Waals surface area contributed by atoms with Gasteiger partial charge in [0.15, 0.2) is 0 Å². The Labute approximate surface area is 245 Å². The number of likely N-dealkylation sites (N-methyl/N-ethyl adjacent to an activating group) is 1. The summed E-state index contributed by atoms with van der Waals surface area (Å²) in [4.78, 5) is 29.0. The number of benzene rings is 3. The second-order valence-electron chi connectivity index (χ2n) is 8.84. The van der Waals surface area contributed by atoms with Gasteiger partial charge in [0.2, 0.25) is 11.8 Å². The van der Waals surface area contributed by atoms with E-state index >= 15 is 0 Å². The van der Waals surface area contributed by atoms with E-state index in [1.54, 1.807) is 74.5 Å². The fraction of sp³-hybridized carbons (Fsp3) is 0.310. The van der Waals surface area contributed by atoms with Gasteiger partial charge in [-0.05, 0) is 93.3 Å². The smallest absolute Gasteiger partial charge is 0.264 e. The van der Waals surface area contributed by atoms with Crippen LogP contribution in [0, 0.1) is 0 Å². The lowest BCUT2D eigenvalue weighted by Crippen LogP contribution is -2.51. The highest BCUT2D eigenvalue weighted by molar-refractivity contribution is 7.98.